The molecule has 0 radical (unpaired) electrons. The summed E-state index contributed by atoms with van der Waals surface area (Å²) in [5, 5.41) is 15.9. The molecule has 3 heterocycles. The minimum Gasteiger partial charge on any atom is -0.497 e. The number of terminal acetylenes is 1. The van der Waals surface area contributed by atoms with Crippen LogP contribution in [0, 0.1) is 19.3 Å². The Morgan fingerprint density at radius 3 is 2.60 bits per heavy atom. The third-order valence-corrected chi connectivity index (χ3v) is 5.83. The van der Waals surface area contributed by atoms with Gasteiger partial charge in [-0.2, -0.15) is 14.9 Å². The van der Waals surface area contributed by atoms with E-state index in [9.17, 15) is 4.79 Å². The largest absolute Gasteiger partial charge is 0.497 e. The molecular weight excluding hydrogens is 444 g/mol. The van der Waals surface area contributed by atoms with Crippen LogP contribution in [-0.2, 0) is 4.79 Å². The van der Waals surface area contributed by atoms with Gasteiger partial charge in [0.15, 0.2) is 0 Å². The van der Waals surface area contributed by atoms with Crippen molar-refractivity contribution in [3.8, 4) is 41.0 Å². The molecule has 2 aromatic heterocycles. The Balaban J connectivity index is 1.52. The molecule has 9 heteroatoms. The van der Waals surface area contributed by atoms with Crippen LogP contribution in [0.2, 0.25) is 0 Å². The zero-order valence-corrected chi connectivity index (χ0v) is 19.2. The number of anilines is 1. The first-order valence-electron chi connectivity index (χ1n) is 11.0. The van der Waals surface area contributed by atoms with Gasteiger partial charge in [-0.05, 0) is 48.9 Å². The highest BCUT2D eigenvalue weighted by atomic mass is 16.5. The summed E-state index contributed by atoms with van der Waals surface area (Å²) in [5.41, 5.74) is 4.15. The number of ether oxygens (including phenoxy) is 2. The van der Waals surface area contributed by atoms with E-state index >= 15 is 0 Å². The zero-order valence-electron chi connectivity index (χ0n) is 19.2. The second kappa shape index (κ2) is 9.27. The number of aryl methyl sites for hydroxylation is 1. The van der Waals surface area contributed by atoms with Crippen LogP contribution >= 0.6 is 0 Å². The molecule has 1 amide bonds. The number of fused-ring (bicyclic) bond motifs is 1. The lowest BCUT2D eigenvalue weighted by Gasteiger charge is -2.24. The van der Waals surface area contributed by atoms with Gasteiger partial charge in [0.1, 0.15) is 23.9 Å². The Hall–Kier alpha value is -4.71. The van der Waals surface area contributed by atoms with Crippen LogP contribution in [0.1, 0.15) is 29.2 Å². The highest BCUT2D eigenvalue weighted by molar-refractivity contribution is 5.95. The molecule has 4 aromatic rings. The van der Waals surface area contributed by atoms with Crippen molar-refractivity contribution in [1.82, 2.24) is 25.0 Å². The SMILES string of the molecule is C#CCOc1ccc([C@H]2CC(=O)Nc3c2c(C)nn3-c2nncc(-c3ccc(OC)cc3)n2)cc1. The molecule has 0 fully saturated rings. The minimum absolute atomic E-state index is 0.115. The number of aromatic nitrogens is 5. The summed E-state index contributed by atoms with van der Waals surface area (Å²) >= 11 is 0. The van der Waals surface area contributed by atoms with Crippen LogP contribution in [0.5, 0.6) is 11.5 Å². The zero-order chi connectivity index (χ0) is 24.4. The maximum absolute atomic E-state index is 12.7. The lowest BCUT2D eigenvalue weighted by molar-refractivity contribution is -0.116. The van der Waals surface area contributed by atoms with Crippen molar-refractivity contribution in [2.24, 2.45) is 0 Å². The Bertz CT molecular complexity index is 1420. The van der Waals surface area contributed by atoms with Gasteiger partial charge in [-0.15, -0.1) is 11.5 Å². The highest BCUT2D eigenvalue weighted by Crippen LogP contribution is 2.40. The molecule has 0 unspecified atom stereocenters. The number of benzene rings is 2. The fraction of sp³-hybridized carbons (Fsp3) is 0.192. The van der Waals surface area contributed by atoms with Crippen molar-refractivity contribution in [1.29, 1.82) is 0 Å². The molecule has 9 nitrogen and oxygen atoms in total. The van der Waals surface area contributed by atoms with E-state index in [2.05, 4.69) is 31.5 Å². The topological polar surface area (TPSA) is 104 Å². The Morgan fingerprint density at radius 1 is 1.14 bits per heavy atom. The molecule has 174 valence electrons. The summed E-state index contributed by atoms with van der Waals surface area (Å²) in [6.45, 7) is 2.11. The van der Waals surface area contributed by atoms with Crippen molar-refractivity contribution in [2.45, 2.75) is 19.3 Å². The van der Waals surface area contributed by atoms with Gasteiger partial charge in [0.2, 0.25) is 5.91 Å². The number of nitrogens with one attached hydrogen (secondary N) is 1. The predicted octanol–water partition coefficient (Wildman–Crippen LogP) is 3.53. The molecule has 0 aliphatic carbocycles. The van der Waals surface area contributed by atoms with Crippen molar-refractivity contribution >= 4 is 11.7 Å². The molecule has 1 aliphatic heterocycles. The molecule has 1 atom stereocenters. The molecule has 35 heavy (non-hydrogen) atoms. The first kappa shape index (κ1) is 22.1. The second-order valence-electron chi connectivity index (χ2n) is 8.00. The number of carbonyl (C=O) groups is 1. The van der Waals surface area contributed by atoms with Gasteiger partial charge in [-0.1, -0.05) is 18.1 Å². The fourth-order valence-electron chi connectivity index (χ4n) is 4.18. The van der Waals surface area contributed by atoms with Crippen molar-refractivity contribution in [2.75, 3.05) is 19.0 Å². The van der Waals surface area contributed by atoms with Crippen LogP contribution in [0.15, 0.2) is 54.7 Å². The molecular formula is C26H22N6O3. The molecule has 0 bridgehead atoms. The third kappa shape index (κ3) is 4.29. The van der Waals surface area contributed by atoms with Gasteiger partial charge in [-0.3, -0.25) is 4.79 Å². The van der Waals surface area contributed by atoms with E-state index in [0.29, 0.717) is 23.7 Å². The first-order chi connectivity index (χ1) is 17.1. The summed E-state index contributed by atoms with van der Waals surface area (Å²) in [7, 11) is 1.62. The summed E-state index contributed by atoms with van der Waals surface area (Å²) in [4.78, 5) is 17.3. The van der Waals surface area contributed by atoms with E-state index in [4.69, 9.17) is 15.9 Å². The molecule has 0 spiro atoms. The lowest BCUT2D eigenvalue weighted by Crippen LogP contribution is -2.25. The number of carbonyl (C=O) groups excluding carboxylic acids is 1. The normalized spacial score (nSPS) is 14.5. The molecule has 2 aromatic carbocycles. The van der Waals surface area contributed by atoms with Crippen LogP contribution in [-0.4, -0.2) is 44.6 Å². The average Bonchev–Trinajstić information content (AvgIpc) is 3.23. The summed E-state index contributed by atoms with van der Waals surface area (Å²) in [6.07, 6.45) is 7.15. The standard InChI is InChI=1S/C26H22N6O3/c1-4-13-35-20-11-5-17(6-12-20)21-14-23(33)29-25-24(21)16(2)31-32(25)26-28-22(15-27-30-26)18-7-9-19(34-3)10-8-18/h1,5-12,15,21H,13-14H2,2-3H3,(H,29,33)/t21-/m1/s1. The molecule has 0 saturated carbocycles. The number of amides is 1. The molecule has 1 N–H and O–H groups in total. The number of hydrogen-bond acceptors (Lipinski definition) is 7. The van der Waals surface area contributed by atoms with Crippen LogP contribution in [0.3, 0.4) is 0 Å². The van der Waals surface area contributed by atoms with Gasteiger partial charge in [0.25, 0.3) is 5.95 Å². The predicted molar refractivity (Wildman–Crippen MR) is 130 cm³/mol. The summed E-state index contributed by atoms with van der Waals surface area (Å²) in [5.74, 6) is 4.39. The van der Waals surface area contributed by atoms with E-state index < -0.39 is 0 Å². The highest BCUT2D eigenvalue weighted by Gasteiger charge is 2.33. The van der Waals surface area contributed by atoms with Gasteiger partial charge in [0, 0.05) is 23.5 Å². The van der Waals surface area contributed by atoms with E-state index in [0.717, 1.165) is 28.1 Å². The van der Waals surface area contributed by atoms with E-state index in [1.54, 1.807) is 18.0 Å². The summed E-state index contributed by atoms with van der Waals surface area (Å²) < 4.78 is 12.2. The van der Waals surface area contributed by atoms with E-state index in [1.165, 1.54) is 0 Å². The fourth-order valence-corrected chi connectivity index (χ4v) is 4.18. The first-order valence-corrected chi connectivity index (χ1v) is 11.0. The lowest BCUT2D eigenvalue weighted by atomic mass is 9.86. The van der Waals surface area contributed by atoms with Gasteiger partial charge in [-0.25, -0.2) is 4.98 Å². The van der Waals surface area contributed by atoms with E-state index in [1.807, 2.05) is 55.5 Å². The van der Waals surface area contributed by atoms with Crippen molar-refractivity contribution in [3.63, 3.8) is 0 Å². The Kier molecular flexibility index (Phi) is 5.85. The number of nitrogens with zero attached hydrogens (tertiary/aromatic N) is 5. The Labute approximate surface area is 202 Å². The Morgan fingerprint density at radius 2 is 1.89 bits per heavy atom. The molecule has 1 aliphatic rings. The van der Waals surface area contributed by atoms with Crippen LogP contribution in [0.4, 0.5) is 5.82 Å². The number of methoxy groups -OCH3 is 1. The quantitative estimate of drug-likeness (QED) is 0.434. The smallest absolute Gasteiger partial charge is 0.272 e. The van der Waals surface area contributed by atoms with Gasteiger partial charge >= 0.3 is 0 Å². The second-order valence-corrected chi connectivity index (χ2v) is 8.00. The number of hydrogen-bond donors (Lipinski definition) is 1. The van der Waals surface area contributed by atoms with Crippen LogP contribution in [0.25, 0.3) is 17.2 Å². The van der Waals surface area contributed by atoms with E-state index in [-0.39, 0.29) is 24.4 Å². The molecule has 0 saturated heterocycles. The average molecular weight is 467 g/mol. The third-order valence-electron chi connectivity index (χ3n) is 5.83. The minimum atomic E-state index is -0.174. The monoisotopic (exact) mass is 466 g/mol. The maximum atomic E-state index is 12.7. The summed E-state index contributed by atoms with van der Waals surface area (Å²) in [6, 6.07) is 15.1. The van der Waals surface area contributed by atoms with Crippen molar-refractivity contribution < 1.29 is 14.3 Å². The maximum Gasteiger partial charge on any atom is 0.272 e. The molecule has 5 rings (SSSR count). The van der Waals surface area contributed by atoms with Gasteiger partial charge < -0.3 is 14.8 Å². The van der Waals surface area contributed by atoms with Gasteiger partial charge in [0.05, 0.1) is 24.7 Å². The van der Waals surface area contributed by atoms with Crippen molar-refractivity contribution in [3.05, 3.63) is 71.5 Å². The number of rotatable bonds is 6. The van der Waals surface area contributed by atoms with Crippen LogP contribution < -0.4 is 14.8 Å².